The number of carboxylic acids is 1. The first-order valence-electron chi connectivity index (χ1n) is 4.74. The number of hydrogen-bond donors (Lipinski definition) is 2. The monoisotopic (exact) mass is 303 g/mol. The van der Waals surface area contributed by atoms with E-state index in [0.717, 1.165) is 0 Å². The highest BCUT2D eigenvalue weighted by atomic mass is 79.9. The van der Waals surface area contributed by atoms with Gasteiger partial charge >= 0.3 is 5.97 Å². The Labute approximate surface area is 106 Å². The summed E-state index contributed by atoms with van der Waals surface area (Å²) in [6.07, 6.45) is -0.289. The van der Waals surface area contributed by atoms with Gasteiger partial charge in [-0.15, -0.1) is 0 Å². The van der Waals surface area contributed by atoms with Gasteiger partial charge in [0, 0.05) is 10.9 Å². The van der Waals surface area contributed by atoms with E-state index in [-0.39, 0.29) is 12.0 Å². The van der Waals surface area contributed by atoms with E-state index in [2.05, 4.69) is 15.9 Å². The maximum absolute atomic E-state index is 13.5. The number of aliphatic carboxylic acids is 1. The van der Waals surface area contributed by atoms with Crippen molar-refractivity contribution in [1.29, 1.82) is 0 Å². The van der Waals surface area contributed by atoms with Gasteiger partial charge in [0.2, 0.25) is 5.91 Å². The van der Waals surface area contributed by atoms with Crippen LogP contribution in [0.5, 0.6) is 0 Å². The number of carbonyl (C=O) groups excluding carboxylic acids is 1. The molecule has 0 saturated heterocycles. The average molecular weight is 304 g/mol. The van der Waals surface area contributed by atoms with Gasteiger partial charge in [0.15, 0.2) is 0 Å². The minimum atomic E-state index is -1.82. The van der Waals surface area contributed by atoms with E-state index in [1.165, 1.54) is 25.1 Å². The fraction of sp³-hybridized carbons (Fsp3) is 0.273. The third-order valence-electron chi connectivity index (χ3n) is 2.57. The first kappa shape index (κ1) is 13.6. The lowest BCUT2D eigenvalue weighted by atomic mass is 9.83. The van der Waals surface area contributed by atoms with Crippen LogP contribution in [0.4, 0.5) is 4.39 Å². The molecule has 0 aliphatic rings. The molecule has 1 atom stereocenters. The molecule has 0 aromatic heterocycles. The van der Waals surface area contributed by atoms with Gasteiger partial charge in [-0.05, 0) is 30.7 Å². The van der Waals surface area contributed by atoms with E-state index >= 15 is 0 Å². The van der Waals surface area contributed by atoms with Crippen LogP contribution in [-0.4, -0.2) is 17.0 Å². The van der Waals surface area contributed by atoms with Crippen LogP contribution in [0.15, 0.2) is 22.7 Å². The smallest absolute Gasteiger partial charge is 0.319 e. The Morgan fingerprint density at radius 1 is 1.53 bits per heavy atom. The maximum atomic E-state index is 13.5. The van der Waals surface area contributed by atoms with Gasteiger partial charge in [-0.1, -0.05) is 15.9 Å². The molecule has 0 radical (unpaired) electrons. The molecule has 0 saturated carbocycles. The number of carbonyl (C=O) groups is 2. The van der Waals surface area contributed by atoms with Gasteiger partial charge in [0.1, 0.15) is 11.2 Å². The molecule has 1 aromatic carbocycles. The van der Waals surface area contributed by atoms with E-state index in [4.69, 9.17) is 10.8 Å². The van der Waals surface area contributed by atoms with Gasteiger partial charge in [0.25, 0.3) is 0 Å². The molecule has 0 bridgehead atoms. The first-order valence-corrected chi connectivity index (χ1v) is 5.54. The largest absolute Gasteiger partial charge is 0.480 e. The van der Waals surface area contributed by atoms with Crippen molar-refractivity contribution in [2.45, 2.75) is 13.3 Å². The molecule has 0 heterocycles. The van der Waals surface area contributed by atoms with Crippen molar-refractivity contribution in [1.82, 2.24) is 0 Å². The molecule has 1 aromatic rings. The van der Waals surface area contributed by atoms with E-state index in [9.17, 15) is 14.0 Å². The summed E-state index contributed by atoms with van der Waals surface area (Å²) < 4.78 is 14.1. The van der Waals surface area contributed by atoms with Crippen molar-refractivity contribution >= 4 is 27.8 Å². The second-order valence-electron chi connectivity index (χ2n) is 3.91. The zero-order valence-electron chi connectivity index (χ0n) is 9.04. The Bertz CT molecular complexity index is 462. The van der Waals surface area contributed by atoms with Crippen molar-refractivity contribution in [3.63, 3.8) is 0 Å². The van der Waals surface area contributed by atoms with Crippen LogP contribution < -0.4 is 5.73 Å². The van der Waals surface area contributed by atoms with Crippen LogP contribution in [-0.2, 0) is 16.0 Å². The lowest BCUT2D eigenvalue weighted by molar-refractivity contribution is -0.153. The Morgan fingerprint density at radius 3 is 2.59 bits per heavy atom. The quantitative estimate of drug-likeness (QED) is 0.831. The van der Waals surface area contributed by atoms with E-state index in [1.54, 1.807) is 0 Å². The Hall–Kier alpha value is -1.43. The summed E-state index contributed by atoms with van der Waals surface area (Å²) in [6, 6.07) is 4.11. The minimum Gasteiger partial charge on any atom is -0.480 e. The standard InChI is InChI=1S/C11H11BrFNO3/c1-11(9(14)15,10(16)17)5-6-4-7(12)2-3-8(6)13/h2-4H,5H2,1H3,(H2,14,15)(H,16,17). The molecule has 3 N–H and O–H groups in total. The number of carboxylic acid groups (broad SMARTS) is 1. The number of primary amides is 1. The van der Waals surface area contributed by atoms with Crippen LogP contribution in [0.2, 0.25) is 0 Å². The third kappa shape index (κ3) is 2.82. The van der Waals surface area contributed by atoms with Gasteiger partial charge in [-0.25, -0.2) is 4.39 Å². The topological polar surface area (TPSA) is 80.4 Å². The van der Waals surface area contributed by atoms with E-state index < -0.39 is 23.1 Å². The highest BCUT2D eigenvalue weighted by molar-refractivity contribution is 9.10. The molecule has 4 nitrogen and oxygen atoms in total. The zero-order valence-corrected chi connectivity index (χ0v) is 10.6. The zero-order chi connectivity index (χ0) is 13.2. The van der Waals surface area contributed by atoms with Crippen LogP contribution in [0, 0.1) is 11.2 Å². The molecule has 1 amide bonds. The van der Waals surface area contributed by atoms with Gasteiger partial charge in [-0.3, -0.25) is 9.59 Å². The van der Waals surface area contributed by atoms with Crippen molar-refractivity contribution in [3.8, 4) is 0 Å². The maximum Gasteiger partial charge on any atom is 0.319 e. The lowest BCUT2D eigenvalue weighted by Crippen LogP contribution is -2.43. The lowest BCUT2D eigenvalue weighted by Gasteiger charge is -2.21. The Balaban J connectivity index is 3.15. The number of hydrogen-bond acceptors (Lipinski definition) is 2. The summed E-state index contributed by atoms with van der Waals surface area (Å²) >= 11 is 3.15. The highest BCUT2D eigenvalue weighted by Gasteiger charge is 2.40. The molecule has 0 fully saturated rings. The van der Waals surface area contributed by atoms with Crippen molar-refractivity contribution in [2.75, 3.05) is 0 Å². The fourth-order valence-electron chi connectivity index (χ4n) is 1.33. The van der Waals surface area contributed by atoms with Crippen LogP contribution in [0.3, 0.4) is 0 Å². The molecule has 6 heteroatoms. The SMILES string of the molecule is CC(Cc1cc(Br)ccc1F)(C(N)=O)C(=O)O. The molecular weight excluding hydrogens is 293 g/mol. The molecule has 1 unspecified atom stereocenters. The summed E-state index contributed by atoms with van der Waals surface area (Å²) in [4.78, 5) is 22.2. The molecule has 0 aliphatic carbocycles. The molecule has 1 rings (SSSR count). The number of rotatable bonds is 4. The third-order valence-corrected chi connectivity index (χ3v) is 3.06. The second-order valence-corrected chi connectivity index (χ2v) is 4.83. The van der Waals surface area contributed by atoms with Crippen LogP contribution in [0.25, 0.3) is 0 Å². The summed E-state index contributed by atoms with van der Waals surface area (Å²) in [6.45, 7) is 1.18. The normalized spacial score (nSPS) is 14.1. The summed E-state index contributed by atoms with van der Waals surface area (Å²) in [7, 11) is 0. The summed E-state index contributed by atoms with van der Waals surface area (Å²) in [5.41, 5.74) is 3.36. The van der Waals surface area contributed by atoms with Gasteiger partial charge in [0.05, 0.1) is 0 Å². The summed E-state index contributed by atoms with van der Waals surface area (Å²) in [5, 5.41) is 8.99. The predicted octanol–water partition coefficient (Wildman–Crippen LogP) is 1.71. The van der Waals surface area contributed by atoms with E-state index in [0.29, 0.717) is 4.47 Å². The fourth-order valence-corrected chi connectivity index (χ4v) is 1.74. The Morgan fingerprint density at radius 2 is 2.12 bits per heavy atom. The average Bonchev–Trinajstić information content (AvgIpc) is 2.22. The molecule has 17 heavy (non-hydrogen) atoms. The van der Waals surface area contributed by atoms with Crippen molar-refractivity contribution in [2.24, 2.45) is 11.1 Å². The molecular formula is C11H11BrFNO3. The molecule has 0 aliphatic heterocycles. The molecule has 92 valence electrons. The number of amides is 1. The Kier molecular flexibility index (Phi) is 3.87. The minimum absolute atomic E-state index is 0.128. The van der Waals surface area contributed by atoms with Crippen molar-refractivity contribution in [3.05, 3.63) is 34.1 Å². The number of nitrogens with two attached hydrogens (primary N) is 1. The number of halogens is 2. The van der Waals surface area contributed by atoms with Gasteiger partial charge < -0.3 is 10.8 Å². The van der Waals surface area contributed by atoms with Crippen molar-refractivity contribution < 1.29 is 19.1 Å². The molecule has 0 spiro atoms. The van der Waals surface area contributed by atoms with Crippen LogP contribution in [0.1, 0.15) is 12.5 Å². The predicted molar refractivity (Wildman–Crippen MR) is 62.7 cm³/mol. The number of benzene rings is 1. The second kappa shape index (κ2) is 4.83. The van der Waals surface area contributed by atoms with Gasteiger partial charge in [-0.2, -0.15) is 0 Å². The summed E-state index contributed by atoms with van der Waals surface area (Å²) in [5.74, 6) is -2.93. The highest BCUT2D eigenvalue weighted by Crippen LogP contribution is 2.26. The van der Waals surface area contributed by atoms with Crippen LogP contribution >= 0.6 is 15.9 Å². The first-order chi connectivity index (χ1) is 7.77. The van der Waals surface area contributed by atoms with E-state index in [1.807, 2.05) is 0 Å².